The van der Waals surface area contributed by atoms with Crippen LogP contribution < -0.4 is 10.6 Å². The number of anilines is 2. The fourth-order valence-electron chi connectivity index (χ4n) is 7.51. The molecule has 0 radical (unpaired) electrons. The number of carbonyl (C=O) groups excluding carboxylic acids is 4. The summed E-state index contributed by atoms with van der Waals surface area (Å²) in [7, 11) is 7.54. The summed E-state index contributed by atoms with van der Waals surface area (Å²) in [5.74, 6) is -0.493. The highest BCUT2D eigenvalue weighted by Gasteiger charge is 2.39. The van der Waals surface area contributed by atoms with Crippen molar-refractivity contribution >= 4 is 47.2 Å². The summed E-state index contributed by atoms with van der Waals surface area (Å²) in [5.41, 5.74) is 5.06. The Morgan fingerprint density at radius 3 is 1.24 bits per heavy atom. The van der Waals surface area contributed by atoms with Gasteiger partial charge in [0, 0.05) is 24.5 Å². The van der Waals surface area contributed by atoms with Gasteiger partial charge in [-0.05, 0) is 100 Å². The molecule has 0 saturated carbocycles. The summed E-state index contributed by atoms with van der Waals surface area (Å²) in [6.07, 6.45) is 6.78. The van der Waals surface area contributed by atoms with Gasteiger partial charge in [0.2, 0.25) is 23.6 Å². The third-order valence-corrected chi connectivity index (χ3v) is 10.2. The SMILES string of the molecule is CN(C)C(C(=O)N1CCC[C@H]1C(=O)Nc1ccc(/C=C/c2ccc(NC(=O)[C@@H]3CCCN3C(=O)[C@@H](c3ccccc3)N(C)C)cc2)cc1)c1ccccc1. The van der Waals surface area contributed by atoms with E-state index in [-0.39, 0.29) is 23.6 Å². The van der Waals surface area contributed by atoms with Gasteiger partial charge in [-0.25, -0.2) is 0 Å². The van der Waals surface area contributed by atoms with Crippen molar-refractivity contribution in [2.75, 3.05) is 51.9 Å². The standard InChI is InChI=1S/C44H50N6O4/c1-47(2)39(33-13-7-5-8-14-33)43(53)49-29-11-17-37(49)41(51)45-35-25-21-31(22-26-35)19-20-32-23-27-36(28-24-32)46-42(52)38-18-12-30-50(38)44(54)40(48(3)4)34-15-9-6-10-16-34/h5-10,13-16,19-28,37-40H,11-12,17-18,29-30H2,1-4H3,(H,45,51)(H,46,52)/b20-19+/t37-,38-,39+,40?/m0/s1. The number of hydrogen-bond donors (Lipinski definition) is 2. The Morgan fingerprint density at radius 1 is 0.556 bits per heavy atom. The van der Waals surface area contributed by atoms with E-state index < -0.39 is 24.2 Å². The largest absolute Gasteiger partial charge is 0.329 e. The van der Waals surface area contributed by atoms with Crippen molar-refractivity contribution in [3.8, 4) is 0 Å². The van der Waals surface area contributed by atoms with Crippen LogP contribution in [0.2, 0.25) is 0 Å². The molecule has 2 aliphatic heterocycles. The molecule has 4 atom stereocenters. The zero-order valence-corrected chi connectivity index (χ0v) is 31.5. The number of likely N-dealkylation sites (tertiary alicyclic amines) is 2. The number of amides is 4. The van der Waals surface area contributed by atoms with E-state index in [0.717, 1.165) is 35.1 Å². The number of likely N-dealkylation sites (N-methyl/N-ethyl adjacent to an activating group) is 2. The highest BCUT2D eigenvalue weighted by molar-refractivity contribution is 5.99. The maximum absolute atomic E-state index is 13.7. The molecule has 1 unspecified atom stereocenters. The lowest BCUT2D eigenvalue weighted by atomic mass is 10.0. The van der Waals surface area contributed by atoms with Crippen LogP contribution in [0, 0.1) is 0 Å². The van der Waals surface area contributed by atoms with Crippen LogP contribution in [0.15, 0.2) is 109 Å². The van der Waals surface area contributed by atoms with Gasteiger partial charge in [-0.2, -0.15) is 0 Å². The minimum absolute atomic E-state index is 0.0653. The Kier molecular flexibility index (Phi) is 12.4. The maximum atomic E-state index is 13.7. The smallest absolute Gasteiger partial charge is 0.247 e. The molecule has 2 heterocycles. The van der Waals surface area contributed by atoms with Gasteiger partial charge < -0.3 is 20.4 Å². The van der Waals surface area contributed by atoms with Crippen LogP contribution in [0.1, 0.15) is 60.0 Å². The summed E-state index contributed by atoms with van der Waals surface area (Å²) in [6, 6.07) is 32.6. The molecule has 2 saturated heterocycles. The first-order valence-corrected chi connectivity index (χ1v) is 18.6. The number of nitrogens with zero attached hydrogens (tertiary/aromatic N) is 4. The number of hydrogen-bond acceptors (Lipinski definition) is 6. The van der Waals surface area contributed by atoms with Gasteiger partial charge >= 0.3 is 0 Å². The van der Waals surface area contributed by atoms with Crippen molar-refractivity contribution in [1.82, 2.24) is 19.6 Å². The van der Waals surface area contributed by atoms with Crippen molar-refractivity contribution in [3.05, 3.63) is 131 Å². The van der Waals surface area contributed by atoms with Crippen molar-refractivity contribution < 1.29 is 19.2 Å². The molecule has 2 aliphatic rings. The van der Waals surface area contributed by atoms with Gasteiger partial charge in [0.05, 0.1) is 0 Å². The summed E-state index contributed by atoms with van der Waals surface area (Å²) >= 11 is 0. The number of benzene rings is 4. The van der Waals surface area contributed by atoms with Crippen LogP contribution in [-0.4, -0.2) is 96.6 Å². The second-order valence-electron chi connectivity index (χ2n) is 14.5. The lowest BCUT2D eigenvalue weighted by molar-refractivity contribution is -0.141. The molecule has 2 N–H and O–H groups in total. The zero-order valence-electron chi connectivity index (χ0n) is 31.5. The molecule has 10 nitrogen and oxygen atoms in total. The van der Waals surface area contributed by atoms with Crippen molar-refractivity contribution in [2.45, 2.75) is 49.9 Å². The Labute approximate surface area is 318 Å². The fraction of sp³-hybridized carbons (Fsp3) is 0.318. The molecule has 4 aromatic carbocycles. The molecule has 10 heteroatoms. The van der Waals surface area contributed by atoms with Gasteiger partial charge in [-0.15, -0.1) is 0 Å². The summed E-state index contributed by atoms with van der Waals surface area (Å²) in [5, 5.41) is 6.03. The fourth-order valence-corrected chi connectivity index (χ4v) is 7.51. The first-order chi connectivity index (χ1) is 26.1. The molecular weight excluding hydrogens is 677 g/mol. The van der Waals surface area contributed by atoms with E-state index in [4.69, 9.17) is 0 Å². The molecule has 54 heavy (non-hydrogen) atoms. The van der Waals surface area contributed by atoms with Crippen LogP contribution in [0.5, 0.6) is 0 Å². The predicted molar refractivity (Wildman–Crippen MR) is 214 cm³/mol. The van der Waals surface area contributed by atoms with Gasteiger partial charge in [0.15, 0.2) is 0 Å². The average molecular weight is 727 g/mol. The Bertz CT molecular complexity index is 1790. The predicted octanol–water partition coefficient (Wildman–Crippen LogP) is 6.32. The molecule has 2 fully saturated rings. The molecule has 0 aliphatic carbocycles. The van der Waals surface area contributed by atoms with Crippen LogP contribution in [0.4, 0.5) is 11.4 Å². The third-order valence-electron chi connectivity index (χ3n) is 10.2. The third kappa shape index (κ3) is 8.95. The van der Waals surface area contributed by atoms with Gasteiger partial charge in [-0.1, -0.05) is 97.1 Å². The van der Waals surface area contributed by atoms with E-state index >= 15 is 0 Å². The Hall–Kier alpha value is -5.58. The topological polar surface area (TPSA) is 105 Å². The van der Waals surface area contributed by atoms with Gasteiger partial charge in [0.25, 0.3) is 0 Å². The van der Waals surface area contributed by atoms with E-state index in [1.807, 2.05) is 159 Å². The normalized spacial score (nSPS) is 18.3. The second-order valence-corrected chi connectivity index (χ2v) is 14.5. The first-order valence-electron chi connectivity index (χ1n) is 18.6. The van der Waals surface area contributed by atoms with E-state index in [2.05, 4.69) is 10.6 Å². The number of rotatable bonds is 12. The van der Waals surface area contributed by atoms with Crippen molar-refractivity contribution in [2.24, 2.45) is 0 Å². The van der Waals surface area contributed by atoms with Gasteiger partial charge in [-0.3, -0.25) is 29.0 Å². The van der Waals surface area contributed by atoms with E-state index in [9.17, 15) is 19.2 Å². The van der Waals surface area contributed by atoms with E-state index in [1.54, 1.807) is 9.80 Å². The molecule has 0 bridgehead atoms. The van der Waals surface area contributed by atoms with Crippen LogP contribution in [-0.2, 0) is 19.2 Å². The highest BCUT2D eigenvalue weighted by atomic mass is 16.2. The van der Waals surface area contributed by atoms with Crippen molar-refractivity contribution in [3.63, 3.8) is 0 Å². The van der Waals surface area contributed by atoms with Gasteiger partial charge in [0.1, 0.15) is 24.2 Å². The molecule has 6 rings (SSSR count). The minimum Gasteiger partial charge on any atom is -0.329 e. The second kappa shape index (κ2) is 17.5. The quantitative estimate of drug-likeness (QED) is 0.166. The van der Waals surface area contributed by atoms with E-state index in [1.165, 1.54) is 0 Å². The molecule has 0 aromatic heterocycles. The van der Waals surface area contributed by atoms with Crippen molar-refractivity contribution in [1.29, 1.82) is 0 Å². The monoisotopic (exact) mass is 726 g/mol. The maximum Gasteiger partial charge on any atom is 0.247 e. The number of carbonyl (C=O) groups is 4. The highest BCUT2D eigenvalue weighted by Crippen LogP contribution is 2.29. The Balaban J connectivity index is 1.02. The van der Waals surface area contributed by atoms with Crippen LogP contribution in [0.25, 0.3) is 12.2 Å². The first kappa shape index (κ1) is 38.2. The molecule has 280 valence electrons. The lowest BCUT2D eigenvalue weighted by Crippen LogP contribution is -2.47. The zero-order chi connectivity index (χ0) is 38.2. The molecule has 0 spiro atoms. The van der Waals surface area contributed by atoms with E-state index in [0.29, 0.717) is 37.3 Å². The lowest BCUT2D eigenvalue weighted by Gasteiger charge is -2.31. The van der Waals surface area contributed by atoms with Crippen LogP contribution >= 0.6 is 0 Å². The summed E-state index contributed by atoms with van der Waals surface area (Å²) < 4.78 is 0. The molecule has 4 amide bonds. The average Bonchev–Trinajstić information content (AvgIpc) is 3.87. The summed E-state index contributed by atoms with van der Waals surface area (Å²) in [4.78, 5) is 61.4. The van der Waals surface area contributed by atoms with Crippen LogP contribution in [0.3, 0.4) is 0 Å². The Morgan fingerprint density at radius 2 is 0.907 bits per heavy atom. The number of nitrogens with one attached hydrogen (secondary N) is 2. The molecular formula is C44H50N6O4. The molecule has 4 aromatic rings. The minimum atomic E-state index is -0.523. The summed E-state index contributed by atoms with van der Waals surface area (Å²) in [6.45, 7) is 1.11.